The summed E-state index contributed by atoms with van der Waals surface area (Å²) in [5.74, 6) is 0.859. The van der Waals surface area contributed by atoms with Crippen molar-refractivity contribution in [3.05, 3.63) is 44.9 Å². The summed E-state index contributed by atoms with van der Waals surface area (Å²) >= 11 is 0. The molecule has 0 N–H and O–H groups in total. The van der Waals surface area contributed by atoms with E-state index in [1.807, 2.05) is 6.92 Å². The molecule has 0 fully saturated rings. The predicted molar refractivity (Wildman–Crippen MR) is 109 cm³/mol. The molecule has 2 aromatic carbocycles. The molecule has 0 aliphatic rings. The molecule has 0 saturated heterocycles. The zero-order chi connectivity index (χ0) is 18.8. The summed E-state index contributed by atoms with van der Waals surface area (Å²) in [4.78, 5) is 9.80. The van der Waals surface area contributed by atoms with E-state index in [0.29, 0.717) is 0 Å². The Kier molecular flexibility index (Phi) is 3.94. The third-order valence-corrected chi connectivity index (χ3v) is 5.97. The van der Waals surface area contributed by atoms with Crippen molar-refractivity contribution >= 4 is 21.7 Å². The Morgan fingerprint density at radius 1 is 0.520 bits per heavy atom. The Labute approximate surface area is 151 Å². The van der Waals surface area contributed by atoms with Gasteiger partial charge in [0.1, 0.15) is 5.82 Å². The van der Waals surface area contributed by atoms with Gasteiger partial charge in [0.25, 0.3) is 0 Å². The van der Waals surface area contributed by atoms with Gasteiger partial charge in [-0.05, 0) is 87.2 Å². The van der Waals surface area contributed by atoms with Crippen molar-refractivity contribution in [2.75, 3.05) is 0 Å². The molecule has 3 rings (SSSR count). The summed E-state index contributed by atoms with van der Waals surface area (Å²) in [6.45, 7) is 22.2. The lowest BCUT2D eigenvalue weighted by Gasteiger charge is -2.25. The van der Waals surface area contributed by atoms with E-state index >= 15 is 0 Å². The highest BCUT2D eigenvalue weighted by molar-refractivity contribution is 6.12. The van der Waals surface area contributed by atoms with Gasteiger partial charge >= 0.3 is 0 Å². The lowest BCUT2D eigenvalue weighted by atomic mass is 9.82. The van der Waals surface area contributed by atoms with Gasteiger partial charge in [0.05, 0.1) is 11.2 Å². The highest BCUT2D eigenvalue weighted by Crippen LogP contribution is 2.40. The fourth-order valence-electron chi connectivity index (χ4n) is 4.10. The van der Waals surface area contributed by atoms with E-state index in [1.54, 1.807) is 0 Å². The minimum Gasteiger partial charge on any atom is -0.237 e. The van der Waals surface area contributed by atoms with Crippen molar-refractivity contribution < 1.29 is 0 Å². The molecule has 0 spiro atoms. The van der Waals surface area contributed by atoms with Gasteiger partial charge in [0.15, 0.2) is 0 Å². The summed E-state index contributed by atoms with van der Waals surface area (Å²) in [5, 5.41) is 3.94. The SMILES string of the molecule is Cc1nc(C(C)(C)C)c2c(C)c(C)c3c(C)c(C)c(C)c(C)c3c2n1. The van der Waals surface area contributed by atoms with Crippen molar-refractivity contribution in [3.63, 3.8) is 0 Å². The van der Waals surface area contributed by atoms with Crippen LogP contribution in [0.1, 0.15) is 65.7 Å². The summed E-state index contributed by atoms with van der Waals surface area (Å²) < 4.78 is 0. The first-order valence-corrected chi connectivity index (χ1v) is 9.14. The summed E-state index contributed by atoms with van der Waals surface area (Å²) in [7, 11) is 0. The molecule has 0 aliphatic heterocycles. The molecule has 0 atom stereocenters. The van der Waals surface area contributed by atoms with Gasteiger partial charge < -0.3 is 0 Å². The van der Waals surface area contributed by atoms with Crippen LogP contribution < -0.4 is 0 Å². The molecule has 2 heteroatoms. The highest BCUT2D eigenvalue weighted by Gasteiger charge is 2.25. The van der Waals surface area contributed by atoms with E-state index in [0.717, 1.165) is 17.0 Å². The van der Waals surface area contributed by atoms with E-state index in [2.05, 4.69) is 62.3 Å². The quantitative estimate of drug-likeness (QED) is 0.455. The highest BCUT2D eigenvalue weighted by atomic mass is 14.9. The minimum atomic E-state index is -0.0144. The minimum absolute atomic E-state index is 0.0144. The lowest BCUT2D eigenvalue weighted by Crippen LogP contribution is -2.17. The van der Waals surface area contributed by atoms with Gasteiger partial charge in [-0.2, -0.15) is 0 Å². The Balaban J connectivity index is 2.77. The first-order chi connectivity index (χ1) is 11.5. The zero-order valence-corrected chi connectivity index (χ0v) is 17.4. The average Bonchev–Trinajstić information content (AvgIpc) is 2.52. The maximum Gasteiger partial charge on any atom is 0.126 e. The molecule has 0 radical (unpaired) electrons. The second-order valence-electron chi connectivity index (χ2n) is 8.59. The maximum atomic E-state index is 4.94. The number of nitrogens with zero attached hydrogens (tertiary/aromatic N) is 2. The van der Waals surface area contributed by atoms with Crippen LogP contribution in [0.15, 0.2) is 0 Å². The van der Waals surface area contributed by atoms with Crippen molar-refractivity contribution in [3.8, 4) is 0 Å². The maximum absolute atomic E-state index is 4.94. The van der Waals surface area contributed by atoms with Gasteiger partial charge in [0, 0.05) is 16.2 Å². The first kappa shape index (κ1) is 17.8. The van der Waals surface area contributed by atoms with Crippen LogP contribution in [0.3, 0.4) is 0 Å². The van der Waals surface area contributed by atoms with Crippen LogP contribution in [0.5, 0.6) is 0 Å². The number of benzene rings is 2. The summed E-state index contributed by atoms with van der Waals surface area (Å²) in [5.41, 5.74) is 10.5. The number of aryl methyl sites for hydroxylation is 5. The van der Waals surface area contributed by atoms with Crippen LogP contribution in [0.2, 0.25) is 0 Å². The monoisotopic (exact) mass is 334 g/mol. The van der Waals surface area contributed by atoms with E-state index in [4.69, 9.17) is 9.97 Å². The average molecular weight is 335 g/mol. The molecule has 2 nitrogen and oxygen atoms in total. The zero-order valence-electron chi connectivity index (χ0n) is 17.4. The largest absolute Gasteiger partial charge is 0.237 e. The Morgan fingerprint density at radius 3 is 1.48 bits per heavy atom. The van der Waals surface area contributed by atoms with Gasteiger partial charge in [-0.25, -0.2) is 9.97 Å². The van der Waals surface area contributed by atoms with Gasteiger partial charge in [-0.15, -0.1) is 0 Å². The van der Waals surface area contributed by atoms with Crippen LogP contribution in [-0.4, -0.2) is 9.97 Å². The molecule has 0 unspecified atom stereocenters. The molecule has 0 bridgehead atoms. The molecule has 1 aromatic heterocycles. The Morgan fingerprint density at radius 2 is 0.960 bits per heavy atom. The van der Waals surface area contributed by atoms with E-state index in [-0.39, 0.29) is 5.41 Å². The molecule has 0 saturated carbocycles. The smallest absolute Gasteiger partial charge is 0.126 e. The number of aromatic nitrogens is 2. The normalized spacial score (nSPS) is 12.4. The second-order valence-corrected chi connectivity index (χ2v) is 8.59. The number of rotatable bonds is 0. The standard InChI is InChI=1S/C23H30N2/c1-11-12(2)14(4)19-18(13(11)3)15(5)16(6)20-21(19)24-17(7)25-22(20)23(8,9)10/h1-10H3. The van der Waals surface area contributed by atoms with E-state index in [1.165, 1.54) is 49.5 Å². The fourth-order valence-corrected chi connectivity index (χ4v) is 4.10. The molecule has 0 aliphatic carbocycles. The number of hydrogen-bond donors (Lipinski definition) is 0. The number of hydrogen-bond acceptors (Lipinski definition) is 2. The van der Waals surface area contributed by atoms with Gasteiger partial charge in [-0.3, -0.25) is 0 Å². The van der Waals surface area contributed by atoms with Crippen molar-refractivity contribution in [2.45, 2.75) is 74.7 Å². The topological polar surface area (TPSA) is 25.8 Å². The molecule has 0 amide bonds. The molecular weight excluding hydrogens is 304 g/mol. The van der Waals surface area contributed by atoms with Crippen molar-refractivity contribution in [2.24, 2.45) is 0 Å². The Bertz CT molecular complexity index is 1030. The van der Waals surface area contributed by atoms with Crippen LogP contribution in [0, 0.1) is 48.5 Å². The van der Waals surface area contributed by atoms with Gasteiger partial charge in [0.2, 0.25) is 0 Å². The molecule has 25 heavy (non-hydrogen) atoms. The third kappa shape index (κ3) is 2.46. The van der Waals surface area contributed by atoms with Crippen LogP contribution in [0.25, 0.3) is 21.7 Å². The van der Waals surface area contributed by atoms with Crippen molar-refractivity contribution in [1.82, 2.24) is 9.97 Å². The van der Waals surface area contributed by atoms with Crippen molar-refractivity contribution in [1.29, 1.82) is 0 Å². The third-order valence-electron chi connectivity index (χ3n) is 5.97. The number of fused-ring (bicyclic) bond motifs is 3. The second kappa shape index (κ2) is 5.52. The molecule has 1 heterocycles. The van der Waals surface area contributed by atoms with Crippen LogP contribution >= 0.6 is 0 Å². The summed E-state index contributed by atoms with van der Waals surface area (Å²) in [6.07, 6.45) is 0. The fraction of sp³-hybridized carbons (Fsp3) is 0.478. The van der Waals surface area contributed by atoms with E-state index in [9.17, 15) is 0 Å². The van der Waals surface area contributed by atoms with Crippen LogP contribution in [-0.2, 0) is 5.41 Å². The first-order valence-electron chi connectivity index (χ1n) is 9.14. The molecular formula is C23H30N2. The molecule has 3 aromatic rings. The van der Waals surface area contributed by atoms with E-state index < -0.39 is 0 Å². The molecule has 132 valence electrons. The lowest BCUT2D eigenvalue weighted by molar-refractivity contribution is 0.571. The summed E-state index contributed by atoms with van der Waals surface area (Å²) in [6, 6.07) is 0. The predicted octanol–water partition coefficient (Wildman–Crippen LogP) is 6.24. The van der Waals surface area contributed by atoms with Crippen LogP contribution in [0.4, 0.5) is 0 Å². The Hall–Kier alpha value is -1.96. The van der Waals surface area contributed by atoms with Gasteiger partial charge in [-0.1, -0.05) is 20.8 Å².